The highest BCUT2D eigenvalue weighted by atomic mass is 19.1. The van der Waals surface area contributed by atoms with Crippen LogP contribution < -0.4 is 4.74 Å². The van der Waals surface area contributed by atoms with Gasteiger partial charge in [-0.05, 0) is 74.3 Å². The summed E-state index contributed by atoms with van der Waals surface area (Å²) in [5, 5.41) is 1.02. The summed E-state index contributed by atoms with van der Waals surface area (Å²) in [7, 11) is 2.18. The van der Waals surface area contributed by atoms with Gasteiger partial charge >= 0.3 is 0 Å². The first-order valence-corrected chi connectivity index (χ1v) is 11.1. The van der Waals surface area contributed by atoms with E-state index in [-0.39, 0.29) is 5.82 Å². The number of allylic oxidation sites excluding steroid dienone is 1. The predicted octanol–water partition coefficient (Wildman–Crippen LogP) is 5.59. The molecule has 1 fully saturated rings. The minimum Gasteiger partial charge on any atom is -0.460 e. The van der Waals surface area contributed by atoms with E-state index >= 15 is 0 Å². The molecule has 0 radical (unpaired) electrons. The van der Waals surface area contributed by atoms with E-state index < -0.39 is 0 Å². The van der Waals surface area contributed by atoms with Crippen LogP contribution in [-0.2, 0) is 0 Å². The number of aromatic amines is 1. The minimum absolute atomic E-state index is 0.230. The lowest BCUT2D eigenvalue weighted by atomic mass is 10.0. The van der Waals surface area contributed by atoms with Gasteiger partial charge in [0.2, 0.25) is 0 Å². The molecule has 0 unspecified atom stereocenters. The summed E-state index contributed by atoms with van der Waals surface area (Å²) in [6.45, 7) is 11.6. The molecule has 0 spiro atoms. The van der Waals surface area contributed by atoms with Crippen LogP contribution in [0.15, 0.2) is 53.9 Å². The maximum absolute atomic E-state index is 13.5. The van der Waals surface area contributed by atoms with Crippen molar-refractivity contribution in [2.45, 2.75) is 27.2 Å². The van der Waals surface area contributed by atoms with Gasteiger partial charge in [-0.3, -0.25) is 4.90 Å². The maximum Gasteiger partial charge on any atom is 0.129 e. The van der Waals surface area contributed by atoms with Crippen LogP contribution in [0.3, 0.4) is 0 Å². The second-order valence-electron chi connectivity index (χ2n) is 8.61. The SMILES string of the molecule is CCC(C)=C(CN1CCN(C)CC1)Oc1ccc(-c2c[nH]c3cc(F)ccc23)cc1C. The van der Waals surface area contributed by atoms with Crippen molar-refractivity contribution >= 4 is 10.9 Å². The highest BCUT2D eigenvalue weighted by Crippen LogP contribution is 2.33. The number of likely N-dealkylation sites (N-methyl/N-ethyl adjacent to an activating group) is 1. The van der Waals surface area contributed by atoms with Crippen LogP contribution in [0.5, 0.6) is 5.75 Å². The number of nitrogens with one attached hydrogen (secondary N) is 1. The van der Waals surface area contributed by atoms with Crippen LogP contribution in [0.25, 0.3) is 22.0 Å². The number of aryl methyl sites for hydroxylation is 1. The van der Waals surface area contributed by atoms with Crippen molar-refractivity contribution in [1.82, 2.24) is 14.8 Å². The summed E-state index contributed by atoms with van der Waals surface area (Å²) in [6.07, 6.45) is 2.92. The second-order valence-corrected chi connectivity index (χ2v) is 8.61. The number of halogens is 1. The monoisotopic (exact) mass is 421 g/mol. The standard InChI is InChI=1S/C26H32FN3O/c1-5-18(2)26(17-30-12-10-29(4)11-13-30)31-25-9-6-20(14-19(25)3)23-16-28-24-15-21(27)7-8-22(23)24/h6-9,14-16,28H,5,10-13,17H2,1-4H3. The molecule has 31 heavy (non-hydrogen) atoms. The molecule has 1 aliphatic rings. The minimum atomic E-state index is -0.230. The van der Waals surface area contributed by atoms with Crippen molar-refractivity contribution in [3.05, 3.63) is 65.3 Å². The molecule has 4 nitrogen and oxygen atoms in total. The third kappa shape index (κ3) is 4.83. The molecule has 164 valence electrons. The lowest BCUT2D eigenvalue weighted by Crippen LogP contribution is -2.45. The fourth-order valence-electron chi connectivity index (χ4n) is 4.06. The number of fused-ring (bicyclic) bond motifs is 1. The van der Waals surface area contributed by atoms with Gasteiger partial charge in [0.1, 0.15) is 17.3 Å². The first-order chi connectivity index (χ1) is 14.9. The Morgan fingerprint density at radius 1 is 1.10 bits per heavy atom. The number of ether oxygens (including phenoxy) is 1. The number of hydrogen-bond acceptors (Lipinski definition) is 3. The van der Waals surface area contributed by atoms with Crippen LogP contribution >= 0.6 is 0 Å². The molecule has 3 aromatic rings. The molecule has 0 aliphatic carbocycles. The molecule has 0 saturated carbocycles. The van der Waals surface area contributed by atoms with Gasteiger partial charge in [0.25, 0.3) is 0 Å². The normalized spacial score (nSPS) is 16.5. The number of rotatable bonds is 6. The molecule has 1 saturated heterocycles. The van der Waals surface area contributed by atoms with Gasteiger partial charge in [0.05, 0.1) is 6.54 Å². The molecule has 1 aliphatic heterocycles. The Morgan fingerprint density at radius 2 is 1.87 bits per heavy atom. The Bertz CT molecular complexity index is 1090. The molecule has 2 aromatic carbocycles. The van der Waals surface area contributed by atoms with Crippen molar-refractivity contribution < 1.29 is 9.13 Å². The van der Waals surface area contributed by atoms with E-state index in [0.29, 0.717) is 0 Å². The van der Waals surface area contributed by atoms with Crippen LogP contribution in [0.1, 0.15) is 25.8 Å². The van der Waals surface area contributed by atoms with E-state index in [1.165, 1.54) is 17.7 Å². The lowest BCUT2D eigenvalue weighted by Gasteiger charge is -2.33. The Hall–Kier alpha value is -2.63. The van der Waals surface area contributed by atoms with Gasteiger partial charge in [0.15, 0.2) is 0 Å². The fourth-order valence-corrected chi connectivity index (χ4v) is 4.06. The number of benzene rings is 2. The van der Waals surface area contributed by atoms with Gasteiger partial charge in [-0.1, -0.05) is 13.0 Å². The summed E-state index contributed by atoms with van der Waals surface area (Å²) in [4.78, 5) is 8.02. The number of hydrogen-bond donors (Lipinski definition) is 1. The lowest BCUT2D eigenvalue weighted by molar-refractivity contribution is 0.151. The molecule has 0 amide bonds. The fraction of sp³-hybridized carbons (Fsp3) is 0.385. The first kappa shape index (κ1) is 21.6. The zero-order chi connectivity index (χ0) is 22.0. The molecule has 0 bridgehead atoms. The number of aromatic nitrogens is 1. The molecular weight excluding hydrogens is 389 g/mol. The van der Waals surface area contributed by atoms with Gasteiger partial charge < -0.3 is 14.6 Å². The summed E-state index contributed by atoms with van der Waals surface area (Å²) < 4.78 is 20.0. The van der Waals surface area contributed by atoms with Crippen molar-refractivity contribution in [1.29, 1.82) is 0 Å². The molecule has 1 aromatic heterocycles. The van der Waals surface area contributed by atoms with Gasteiger partial charge in [-0.15, -0.1) is 0 Å². The van der Waals surface area contributed by atoms with E-state index in [1.54, 1.807) is 0 Å². The van der Waals surface area contributed by atoms with E-state index in [4.69, 9.17) is 4.74 Å². The largest absolute Gasteiger partial charge is 0.460 e. The van der Waals surface area contributed by atoms with Crippen LogP contribution in [0.2, 0.25) is 0 Å². The third-order valence-corrected chi connectivity index (χ3v) is 6.33. The summed E-state index contributed by atoms with van der Waals surface area (Å²) in [6, 6.07) is 11.2. The van der Waals surface area contributed by atoms with E-state index in [2.05, 4.69) is 60.8 Å². The topological polar surface area (TPSA) is 31.5 Å². The summed E-state index contributed by atoms with van der Waals surface area (Å²) >= 11 is 0. The third-order valence-electron chi connectivity index (χ3n) is 6.33. The Morgan fingerprint density at radius 3 is 2.58 bits per heavy atom. The van der Waals surface area contributed by atoms with Crippen LogP contribution in [-0.4, -0.2) is 54.6 Å². The quantitative estimate of drug-likeness (QED) is 0.526. The average molecular weight is 422 g/mol. The highest BCUT2D eigenvalue weighted by molar-refractivity contribution is 5.95. The van der Waals surface area contributed by atoms with Crippen molar-refractivity contribution in [2.75, 3.05) is 39.8 Å². The predicted molar refractivity (Wildman–Crippen MR) is 126 cm³/mol. The zero-order valence-corrected chi connectivity index (χ0v) is 19.0. The first-order valence-electron chi connectivity index (χ1n) is 11.1. The molecule has 1 N–H and O–H groups in total. The highest BCUT2D eigenvalue weighted by Gasteiger charge is 2.18. The molecule has 5 heteroatoms. The number of H-pyrrole nitrogens is 1. The van der Waals surface area contributed by atoms with E-state index in [0.717, 1.165) is 78.2 Å². The Labute approximate surface area is 184 Å². The van der Waals surface area contributed by atoms with Gasteiger partial charge in [-0.25, -0.2) is 4.39 Å². The van der Waals surface area contributed by atoms with Gasteiger partial charge in [0, 0.05) is 48.8 Å². The van der Waals surface area contributed by atoms with E-state index in [1.807, 2.05) is 12.3 Å². The molecule has 4 rings (SSSR count). The van der Waals surface area contributed by atoms with Crippen LogP contribution in [0.4, 0.5) is 4.39 Å². The number of nitrogens with zero attached hydrogens (tertiary/aromatic N) is 2. The van der Waals surface area contributed by atoms with Crippen LogP contribution in [0, 0.1) is 12.7 Å². The van der Waals surface area contributed by atoms with Crippen molar-refractivity contribution in [3.63, 3.8) is 0 Å². The Kier molecular flexibility index (Phi) is 6.44. The smallest absolute Gasteiger partial charge is 0.129 e. The molecule has 0 atom stereocenters. The Balaban J connectivity index is 1.56. The van der Waals surface area contributed by atoms with E-state index in [9.17, 15) is 4.39 Å². The zero-order valence-electron chi connectivity index (χ0n) is 19.0. The second kappa shape index (κ2) is 9.25. The van der Waals surface area contributed by atoms with Crippen molar-refractivity contribution in [3.8, 4) is 16.9 Å². The maximum atomic E-state index is 13.5. The van der Waals surface area contributed by atoms with Gasteiger partial charge in [-0.2, -0.15) is 0 Å². The molecule has 2 heterocycles. The summed E-state index contributed by atoms with van der Waals surface area (Å²) in [5.41, 5.74) is 5.36. The molecular formula is C26H32FN3O. The number of piperazine rings is 1. The van der Waals surface area contributed by atoms with Crippen molar-refractivity contribution in [2.24, 2.45) is 0 Å². The average Bonchev–Trinajstić information content (AvgIpc) is 3.18. The summed E-state index contributed by atoms with van der Waals surface area (Å²) in [5.74, 6) is 1.73.